The SMILES string of the molecule is COc1ccccc1-n1c(SCC(=O)Nc2nc3ccc(C)cc3s2)nc2c(c1=O)SCC2. The van der Waals surface area contributed by atoms with Gasteiger partial charge in [0.1, 0.15) is 5.75 Å². The molecule has 0 fully saturated rings. The number of carbonyl (C=O) groups is 1. The molecule has 3 heterocycles. The number of ether oxygens (including phenoxy) is 1. The zero-order valence-electron chi connectivity index (χ0n) is 18.0. The van der Waals surface area contributed by atoms with Crippen LogP contribution < -0.4 is 15.6 Å². The fourth-order valence-electron chi connectivity index (χ4n) is 3.59. The van der Waals surface area contributed by atoms with Crippen LogP contribution in [0.15, 0.2) is 57.3 Å². The van der Waals surface area contributed by atoms with Gasteiger partial charge in [0.15, 0.2) is 10.3 Å². The van der Waals surface area contributed by atoms with Crippen molar-refractivity contribution in [3.8, 4) is 11.4 Å². The number of hydrogen-bond donors (Lipinski definition) is 1. The molecule has 0 unspecified atom stereocenters. The number of carbonyl (C=O) groups excluding carboxylic acids is 1. The minimum atomic E-state index is -0.202. The van der Waals surface area contributed by atoms with Crippen molar-refractivity contribution in [3.63, 3.8) is 0 Å². The number of hydrogen-bond acceptors (Lipinski definition) is 8. The molecule has 0 radical (unpaired) electrons. The standard InChI is InChI=1S/C23H20N4O3S3/c1-13-7-8-14-18(11-13)33-22(24-14)26-19(28)12-32-23-25-15-9-10-31-20(15)21(29)27(23)16-5-3-4-6-17(16)30-2/h3-8,11H,9-10,12H2,1-2H3,(H,24,26,28). The van der Waals surface area contributed by atoms with Crippen molar-refractivity contribution in [1.29, 1.82) is 0 Å². The zero-order chi connectivity index (χ0) is 22.9. The average Bonchev–Trinajstić information content (AvgIpc) is 3.44. The van der Waals surface area contributed by atoms with Gasteiger partial charge in [-0.25, -0.2) is 9.97 Å². The largest absolute Gasteiger partial charge is 0.495 e. The van der Waals surface area contributed by atoms with Crippen molar-refractivity contribution in [2.45, 2.75) is 23.4 Å². The summed E-state index contributed by atoms with van der Waals surface area (Å²) >= 11 is 4.19. The van der Waals surface area contributed by atoms with Gasteiger partial charge in [0, 0.05) is 12.2 Å². The monoisotopic (exact) mass is 496 g/mol. The Bertz CT molecular complexity index is 1430. The van der Waals surface area contributed by atoms with Crippen LogP contribution in [0.2, 0.25) is 0 Å². The van der Waals surface area contributed by atoms with Crippen LogP contribution in [0.5, 0.6) is 5.75 Å². The maximum absolute atomic E-state index is 13.3. The number of nitrogens with one attached hydrogen (secondary N) is 1. The van der Waals surface area contributed by atoms with Crippen molar-refractivity contribution in [2.24, 2.45) is 0 Å². The fourth-order valence-corrected chi connectivity index (χ4v) is 6.41. The average molecular weight is 497 g/mol. The van der Waals surface area contributed by atoms with E-state index in [-0.39, 0.29) is 17.2 Å². The number of fused-ring (bicyclic) bond motifs is 2. The Hall–Kier alpha value is -2.82. The lowest BCUT2D eigenvalue weighted by Gasteiger charge is -2.16. The van der Waals surface area contributed by atoms with Gasteiger partial charge in [-0.3, -0.25) is 14.2 Å². The van der Waals surface area contributed by atoms with E-state index in [4.69, 9.17) is 9.72 Å². The van der Waals surface area contributed by atoms with Gasteiger partial charge < -0.3 is 10.1 Å². The molecule has 10 heteroatoms. The van der Waals surface area contributed by atoms with Crippen molar-refractivity contribution < 1.29 is 9.53 Å². The van der Waals surface area contributed by atoms with Gasteiger partial charge in [0.05, 0.1) is 39.4 Å². The Morgan fingerprint density at radius 2 is 2.09 bits per heavy atom. The smallest absolute Gasteiger partial charge is 0.272 e. The molecule has 0 bridgehead atoms. The van der Waals surface area contributed by atoms with Crippen LogP contribution in [-0.2, 0) is 11.2 Å². The molecule has 0 aliphatic carbocycles. The molecule has 1 amide bonds. The van der Waals surface area contributed by atoms with Crippen LogP contribution in [0.3, 0.4) is 0 Å². The first-order valence-corrected chi connectivity index (χ1v) is 13.0. The molecule has 0 saturated heterocycles. The van der Waals surface area contributed by atoms with Gasteiger partial charge in [0.2, 0.25) is 5.91 Å². The van der Waals surface area contributed by atoms with Crippen LogP contribution in [0, 0.1) is 6.92 Å². The van der Waals surface area contributed by atoms with E-state index in [0.29, 0.717) is 26.6 Å². The number of thioether (sulfide) groups is 2. The van der Waals surface area contributed by atoms with E-state index in [1.165, 1.54) is 34.9 Å². The number of para-hydroxylation sites is 2. The van der Waals surface area contributed by atoms with Crippen LogP contribution >= 0.6 is 34.9 Å². The second kappa shape index (κ2) is 9.20. The highest BCUT2D eigenvalue weighted by Gasteiger charge is 2.24. The molecule has 0 atom stereocenters. The van der Waals surface area contributed by atoms with Crippen molar-refractivity contribution in [2.75, 3.05) is 23.9 Å². The Morgan fingerprint density at radius 3 is 2.94 bits per heavy atom. The molecule has 4 aromatic rings. The molecule has 1 aliphatic heterocycles. The Balaban J connectivity index is 1.42. The van der Waals surface area contributed by atoms with E-state index >= 15 is 0 Å². The fraction of sp³-hybridized carbons (Fsp3) is 0.217. The normalized spacial score (nSPS) is 12.7. The first-order chi connectivity index (χ1) is 16.0. The Kier molecular flexibility index (Phi) is 6.13. The molecule has 1 N–H and O–H groups in total. The summed E-state index contributed by atoms with van der Waals surface area (Å²) in [6, 6.07) is 13.3. The van der Waals surface area contributed by atoms with E-state index in [1.54, 1.807) is 17.7 Å². The van der Waals surface area contributed by atoms with Crippen LogP contribution in [0.4, 0.5) is 5.13 Å². The predicted octanol–water partition coefficient (Wildman–Crippen LogP) is 4.54. The molecule has 168 valence electrons. The summed E-state index contributed by atoms with van der Waals surface area (Å²) in [4.78, 5) is 35.9. The molecule has 33 heavy (non-hydrogen) atoms. The van der Waals surface area contributed by atoms with E-state index in [2.05, 4.69) is 16.4 Å². The highest BCUT2D eigenvalue weighted by atomic mass is 32.2. The van der Waals surface area contributed by atoms with Crippen molar-refractivity contribution >= 4 is 56.1 Å². The number of anilines is 1. The van der Waals surface area contributed by atoms with Crippen molar-refractivity contribution in [1.82, 2.24) is 14.5 Å². The molecule has 5 rings (SSSR count). The minimum Gasteiger partial charge on any atom is -0.495 e. The lowest BCUT2D eigenvalue weighted by molar-refractivity contribution is -0.113. The van der Waals surface area contributed by atoms with Gasteiger partial charge in [-0.2, -0.15) is 0 Å². The van der Waals surface area contributed by atoms with E-state index in [9.17, 15) is 9.59 Å². The zero-order valence-corrected chi connectivity index (χ0v) is 20.4. The summed E-state index contributed by atoms with van der Waals surface area (Å²) in [5.41, 5.74) is 3.28. The Labute approximate surface area is 202 Å². The number of thiazole rings is 1. The third-order valence-electron chi connectivity index (χ3n) is 5.12. The molecule has 0 spiro atoms. The maximum Gasteiger partial charge on any atom is 0.272 e. The van der Waals surface area contributed by atoms with E-state index in [0.717, 1.165) is 33.6 Å². The lowest BCUT2D eigenvalue weighted by Crippen LogP contribution is -2.25. The minimum absolute atomic E-state index is 0.0997. The number of methoxy groups -OCH3 is 1. The first-order valence-electron chi connectivity index (χ1n) is 10.3. The number of rotatable bonds is 6. The highest BCUT2D eigenvalue weighted by molar-refractivity contribution is 8.00. The van der Waals surface area contributed by atoms with Gasteiger partial charge in [-0.15, -0.1) is 11.8 Å². The van der Waals surface area contributed by atoms with Gasteiger partial charge in [0.25, 0.3) is 5.56 Å². The summed E-state index contributed by atoms with van der Waals surface area (Å²) in [5.74, 6) is 1.30. The summed E-state index contributed by atoms with van der Waals surface area (Å²) in [7, 11) is 1.57. The third-order valence-corrected chi connectivity index (χ3v) is 8.09. The molecule has 2 aromatic carbocycles. The lowest BCUT2D eigenvalue weighted by atomic mass is 10.2. The summed E-state index contributed by atoms with van der Waals surface area (Å²) in [6.07, 6.45) is 0.743. The number of benzene rings is 2. The second-order valence-corrected chi connectivity index (χ2v) is 10.5. The number of aromatic nitrogens is 3. The van der Waals surface area contributed by atoms with Crippen molar-refractivity contribution in [3.05, 3.63) is 64.1 Å². The first kappa shape index (κ1) is 22.0. The number of amides is 1. The second-order valence-electron chi connectivity index (χ2n) is 7.41. The molecule has 0 saturated carbocycles. The molecular formula is C23H20N4O3S3. The highest BCUT2D eigenvalue weighted by Crippen LogP contribution is 2.32. The molecule has 2 aromatic heterocycles. The van der Waals surface area contributed by atoms with Gasteiger partial charge >= 0.3 is 0 Å². The summed E-state index contributed by atoms with van der Waals surface area (Å²) in [5, 5.41) is 3.90. The van der Waals surface area contributed by atoms with E-state index < -0.39 is 0 Å². The van der Waals surface area contributed by atoms with Crippen LogP contribution in [0.1, 0.15) is 11.3 Å². The Morgan fingerprint density at radius 1 is 1.24 bits per heavy atom. The predicted molar refractivity (Wildman–Crippen MR) is 135 cm³/mol. The topological polar surface area (TPSA) is 86.1 Å². The van der Waals surface area contributed by atoms with Crippen LogP contribution in [0.25, 0.3) is 15.9 Å². The maximum atomic E-state index is 13.3. The van der Waals surface area contributed by atoms with Gasteiger partial charge in [-0.1, -0.05) is 41.3 Å². The summed E-state index contributed by atoms with van der Waals surface area (Å²) < 4.78 is 8.06. The molecule has 7 nitrogen and oxygen atoms in total. The van der Waals surface area contributed by atoms with Crippen LogP contribution in [-0.4, -0.2) is 39.1 Å². The quantitative estimate of drug-likeness (QED) is 0.310. The number of nitrogens with zero attached hydrogens (tertiary/aromatic N) is 3. The summed E-state index contributed by atoms with van der Waals surface area (Å²) in [6.45, 7) is 2.03. The molecule has 1 aliphatic rings. The number of aryl methyl sites for hydroxylation is 2. The molecular weight excluding hydrogens is 476 g/mol. The third kappa shape index (κ3) is 4.38. The van der Waals surface area contributed by atoms with E-state index in [1.807, 2.05) is 37.3 Å². The van der Waals surface area contributed by atoms with Gasteiger partial charge in [-0.05, 0) is 36.8 Å².